The second kappa shape index (κ2) is 10.8. The Morgan fingerprint density at radius 2 is 1.87 bits per heavy atom. The number of aromatic nitrogens is 3. The third-order valence-electron chi connectivity index (χ3n) is 6.98. The predicted octanol–water partition coefficient (Wildman–Crippen LogP) is 5.60. The number of fused-ring (bicyclic) bond motifs is 1. The van der Waals surface area contributed by atoms with Gasteiger partial charge in [0.05, 0.1) is 11.3 Å². The van der Waals surface area contributed by atoms with E-state index in [0.29, 0.717) is 29.9 Å². The number of nitrogens with one attached hydrogen (secondary N) is 1. The van der Waals surface area contributed by atoms with Crippen LogP contribution < -0.4 is 5.73 Å². The predicted molar refractivity (Wildman–Crippen MR) is 147 cm³/mol. The van der Waals surface area contributed by atoms with Gasteiger partial charge in [-0.3, -0.25) is 14.6 Å². The minimum Gasteiger partial charge on any atom is -0.384 e. The number of anilines is 1. The molecule has 200 valence electrons. The van der Waals surface area contributed by atoms with E-state index in [1.165, 1.54) is 11.1 Å². The van der Waals surface area contributed by atoms with Crippen molar-refractivity contribution in [3.05, 3.63) is 83.3 Å². The molecule has 1 aliphatic heterocycles. The molecule has 4 aromatic rings. The first-order valence-corrected chi connectivity index (χ1v) is 12.9. The lowest BCUT2D eigenvalue weighted by molar-refractivity contribution is -0.114. The van der Waals surface area contributed by atoms with E-state index in [9.17, 15) is 18.4 Å². The number of nitrogens with two attached hydrogens (primary N) is 1. The molecule has 39 heavy (non-hydrogen) atoms. The van der Waals surface area contributed by atoms with Gasteiger partial charge in [-0.2, -0.15) is 0 Å². The topological polar surface area (TPSA) is 105 Å². The van der Waals surface area contributed by atoms with Crippen molar-refractivity contribution in [1.82, 2.24) is 19.9 Å². The first-order valence-electron chi connectivity index (χ1n) is 12.9. The SMILES string of the molecule is Cc1cc(-c2ccc(C(=O)N3CCC(F)(F)CC3)cn2)cc2cc(CCC(=O)/C=C/c3ccc(N)nc3)[nH]c12. The Bertz CT molecular complexity index is 1530. The Labute approximate surface area is 224 Å². The molecule has 3 N–H and O–H groups in total. The highest BCUT2D eigenvalue weighted by atomic mass is 19.3. The van der Waals surface area contributed by atoms with E-state index in [2.05, 4.69) is 15.0 Å². The fourth-order valence-corrected chi connectivity index (χ4v) is 4.72. The molecule has 7 nitrogen and oxygen atoms in total. The quantitative estimate of drug-likeness (QED) is 0.303. The lowest BCUT2D eigenvalue weighted by atomic mass is 10.0. The van der Waals surface area contributed by atoms with E-state index < -0.39 is 5.92 Å². The molecule has 4 heterocycles. The Kier molecular flexibility index (Phi) is 7.24. The number of nitrogens with zero attached hydrogens (tertiary/aromatic N) is 3. The summed E-state index contributed by atoms with van der Waals surface area (Å²) in [7, 11) is 0. The number of H-pyrrole nitrogens is 1. The van der Waals surface area contributed by atoms with Gasteiger partial charge in [-0.05, 0) is 79.1 Å². The third kappa shape index (κ3) is 6.19. The molecular formula is C30H29F2N5O2. The van der Waals surface area contributed by atoms with Crippen LogP contribution in [0.5, 0.6) is 0 Å². The van der Waals surface area contributed by atoms with Gasteiger partial charge in [0.1, 0.15) is 5.82 Å². The molecule has 1 aliphatic rings. The van der Waals surface area contributed by atoms with Crippen LogP contribution in [0.1, 0.15) is 46.4 Å². The molecule has 1 saturated heterocycles. The molecule has 1 aromatic carbocycles. The van der Waals surface area contributed by atoms with Gasteiger partial charge in [0.15, 0.2) is 5.78 Å². The highest BCUT2D eigenvalue weighted by Crippen LogP contribution is 2.30. The van der Waals surface area contributed by atoms with Crippen LogP contribution >= 0.6 is 0 Å². The summed E-state index contributed by atoms with van der Waals surface area (Å²) in [6.45, 7) is 2.09. The van der Waals surface area contributed by atoms with Gasteiger partial charge in [-0.25, -0.2) is 13.8 Å². The standard InChI is InChI=1S/C30H29F2N5O2/c1-19-14-22(26-8-4-21(18-34-26)29(39)37-12-10-30(31,32)11-13-37)15-23-16-24(36-28(19)23)5-7-25(38)6-2-20-3-9-27(33)35-17-20/h2-4,6,8-9,14-18,36H,5,7,10-13H2,1H3,(H2,33,35)/b6-2+. The molecule has 9 heteroatoms. The van der Waals surface area contributed by atoms with E-state index >= 15 is 0 Å². The molecule has 0 spiro atoms. The van der Waals surface area contributed by atoms with Crippen molar-refractivity contribution in [3.8, 4) is 11.3 Å². The Balaban J connectivity index is 1.24. The highest BCUT2D eigenvalue weighted by Gasteiger charge is 2.35. The number of halogens is 2. The molecule has 5 rings (SSSR count). The molecule has 0 radical (unpaired) electrons. The number of aromatic amines is 1. The molecule has 1 fully saturated rings. The fraction of sp³-hybridized carbons (Fsp3) is 0.267. The van der Waals surface area contributed by atoms with Crippen molar-refractivity contribution in [1.29, 1.82) is 0 Å². The third-order valence-corrected chi connectivity index (χ3v) is 6.98. The zero-order valence-corrected chi connectivity index (χ0v) is 21.6. The zero-order chi connectivity index (χ0) is 27.6. The number of nitrogen functional groups attached to an aromatic ring is 1. The number of aryl methyl sites for hydroxylation is 2. The molecule has 0 bridgehead atoms. The lowest BCUT2D eigenvalue weighted by Gasteiger charge is -2.31. The summed E-state index contributed by atoms with van der Waals surface area (Å²) in [5.41, 5.74) is 11.4. The number of alkyl halides is 2. The number of pyridine rings is 2. The van der Waals surface area contributed by atoms with Crippen molar-refractivity contribution < 1.29 is 18.4 Å². The molecular weight excluding hydrogens is 500 g/mol. The van der Waals surface area contributed by atoms with Crippen LogP contribution in [0.3, 0.4) is 0 Å². The number of amides is 1. The van der Waals surface area contributed by atoms with Crippen LogP contribution in [0.15, 0.2) is 60.9 Å². The number of ketones is 1. The molecule has 0 aliphatic carbocycles. The first-order chi connectivity index (χ1) is 18.7. The number of carbonyl (C=O) groups excluding carboxylic acids is 2. The Morgan fingerprint density at radius 1 is 1.08 bits per heavy atom. The van der Waals surface area contributed by atoms with Gasteiger partial charge in [-0.15, -0.1) is 0 Å². The van der Waals surface area contributed by atoms with Gasteiger partial charge < -0.3 is 15.6 Å². The molecule has 1 amide bonds. The van der Waals surface area contributed by atoms with Gasteiger partial charge in [-0.1, -0.05) is 0 Å². The number of hydrogen-bond donors (Lipinski definition) is 2. The number of benzene rings is 1. The van der Waals surface area contributed by atoms with E-state index in [-0.39, 0.29) is 37.6 Å². The summed E-state index contributed by atoms with van der Waals surface area (Å²) in [6, 6.07) is 13.1. The number of rotatable bonds is 7. The smallest absolute Gasteiger partial charge is 0.255 e. The van der Waals surface area contributed by atoms with Crippen molar-refractivity contribution >= 4 is 34.5 Å². The van der Waals surface area contributed by atoms with E-state index in [4.69, 9.17) is 5.73 Å². The minimum atomic E-state index is -2.70. The number of hydrogen-bond acceptors (Lipinski definition) is 5. The lowest BCUT2D eigenvalue weighted by Crippen LogP contribution is -2.42. The number of allylic oxidation sites excluding steroid dienone is 1. The minimum absolute atomic E-state index is 0.0139. The summed E-state index contributed by atoms with van der Waals surface area (Å²) in [4.78, 5) is 38.5. The van der Waals surface area contributed by atoms with Crippen LogP contribution in [-0.4, -0.2) is 50.6 Å². The highest BCUT2D eigenvalue weighted by molar-refractivity contribution is 5.95. The van der Waals surface area contributed by atoms with Crippen LogP contribution in [0.4, 0.5) is 14.6 Å². The van der Waals surface area contributed by atoms with Crippen LogP contribution in [0.2, 0.25) is 0 Å². The fourth-order valence-electron chi connectivity index (χ4n) is 4.72. The van der Waals surface area contributed by atoms with Gasteiger partial charge in [0, 0.05) is 66.9 Å². The average Bonchev–Trinajstić information content (AvgIpc) is 3.35. The maximum Gasteiger partial charge on any atom is 0.255 e. The summed E-state index contributed by atoms with van der Waals surface area (Å²) >= 11 is 0. The number of carbonyl (C=O) groups is 2. The molecule has 3 aromatic heterocycles. The maximum absolute atomic E-state index is 13.4. The van der Waals surface area contributed by atoms with E-state index in [1.807, 2.05) is 31.2 Å². The van der Waals surface area contributed by atoms with Crippen LogP contribution in [-0.2, 0) is 11.2 Å². The average molecular weight is 530 g/mol. The van der Waals surface area contributed by atoms with Crippen molar-refractivity contribution in [2.24, 2.45) is 0 Å². The Hall–Kier alpha value is -4.40. The largest absolute Gasteiger partial charge is 0.384 e. The number of likely N-dealkylation sites (tertiary alicyclic amines) is 1. The normalized spacial score (nSPS) is 15.2. The van der Waals surface area contributed by atoms with Gasteiger partial charge in [0.25, 0.3) is 11.8 Å². The maximum atomic E-state index is 13.4. The van der Waals surface area contributed by atoms with E-state index in [1.54, 1.807) is 36.5 Å². The monoisotopic (exact) mass is 529 g/mol. The van der Waals surface area contributed by atoms with Crippen LogP contribution in [0.25, 0.3) is 28.2 Å². The Morgan fingerprint density at radius 3 is 2.56 bits per heavy atom. The van der Waals surface area contributed by atoms with Gasteiger partial charge >= 0.3 is 0 Å². The van der Waals surface area contributed by atoms with Gasteiger partial charge in [0.2, 0.25) is 0 Å². The molecule has 0 unspecified atom stereocenters. The van der Waals surface area contributed by atoms with Crippen molar-refractivity contribution in [2.75, 3.05) is 18.8 Å². The molecule has 0 saturated carbocycles. The summed E-state index contributed by atoms with van der Waals surface area (Å²) in [5.74, 6) is -2.53. The second-order valence-electron chi connectivity index (χ2n) is 9.95. The summed E-state index contributed by atoms with van der Waals surface area (Å²) in [6.07, 6.45) is 6.73. The summed E-state index contributed by atoms with van der Waals surface area (Å²) in [5, 5.41) is 1.01. The second-order valence-corrected chi connectivity index (χ2v) is 9.95. The van der Waals surface area contributed by atoms with Crippen LogP contribution in [0, 0.1) is 6.92 Å². The molecule has 0 atom stereocenters. The zero-order valence-electron chi connectivity index (χ0n) is 21.6. The first kappa shape index (κ1) is 26.2. The van der Waals surface area contributed by atoms with Crippen molar-refractivity contribution in [2.45, 2.75) is 38.5 Å². The summed E-state index contributed by atoms with van der Waals surface area (Å²) < 4.78 is 26.9. The van der Waals surface area contributed by atoms with Crippen molar-refractivity contribution in [3.63, 3.8) is 0 Å². The van der Waals surface area contributed by atoms with E-state index in [0.717, 1.165) is 33.3 Å². The number of piperidine rings is 1.